The largest absolute Gasteiger partial charge is 0.316 e. The molecule has 1 saturated heterocycles. The number of piperidine rings is 1. The molecule has 0 radical (unpaired) electrons. The Kier molecular flexibility index (Phi) is 3.21. The van der Waals surface area contributed by atoms with E-state index in [9.17, 15) is 4.79 Å². The number of nitrogens with one attached hydrogen (secondary N) is 1. The molecule has 1 fully saturated rings. The smallest absolute Gasteiger partial charge is 0.138 e. The molecule has 2 heterocycles. The monoisotopic (exact) mass is 229 g/mol. The highest BCUT2D eigenvalue weighted by molar-refractivity contribution is 7.16. The van der Waals surface area contributed by atoms with Gasteiger partial charge in [0.2, 0.25) is 0 Å². The van der Waals surface area contributed by atoms with Gasteiger partial charge in [0.25, 0.3) is 0 Å². The number of rotatable bonds is 2. The Morgan fingerprint density at radius 2 is 2.43 bits per heavy atom. The van der Waals surface area contributed by atoms with Crippen molar-refractivity contribution >= 4 is 28.7 Å². The van der Waals surface area contributed by atoms with Crippen LogP contribution in [0.15, 0.2) is 12.1 Å². The quantitative estimate of drug-likeness (QED) is 0.842. The van der Waals surface area contributed by atoms with Crippen molar-refractivity contribution in [2.75, 3.05) is 13.1 Å². The first-order valence-electron chi connectivity index (χ1n) is 4.73. The number of thiophene rings is 1. The summed E-state index contributed by atoms with van der Waals surface area (Å²) >= 11 is 7.40. The van der Waals surface area contributed by atoms with E-state index in [1.54, 1.807) is 11.3 Å². The Morgan fingerprint density at radius 1 is 1.57 bits per heavy atom. The van der Waals surface area contributed by atoms with Gasteiger partial charge in [-0.2, -0.15) is 0 Å². The fraction of sp³-hybridized carbons (Fsp3) is 0.500. The molecule has 1 aromatic heterocycles. The van der Waals surface area contributed by atoms with Crippen molar-refractivity contribution in [2.24, 2.45) is 5.92 Å². The zero-order chi connectivity index (χ0) is 9.97. The first kappa shape index (κ1) is 10.1. The highest BCUT2D eigenvalue weighted by Gasteiger charge is 2.22. The molecule has 1 atom stereocenters. The van der Waals surface area contributed by atoms with Gasteiger partial charge in [-0.15, -0.1) is 11.3 Å². The highest BCUT2D eigenvalue weighted by Crippen LogP contribution is 2.24. The standard InChI is InChI=1S/C10H12ClNOS/c11-10-2-1-8(14-10)5-7-6-12-4-3-9(7)13/h1-2,7,12H,3-6H2. The van der Waals surface area contributed by atoms with Crippen molar-refractivity contribution in [3.05, 3.63) is 21.3 Å². The van der Waals surface area contributed by atoms with Crippen LogP contribution in [0.5, 0.6) is 0 Å². The molecule has 0 aliphatic carbocycles. The first-order valence-corrected chi connectivity index (χ1v) is 5.93. The van der Waals surface area contributed by atoms with Gasteiger partial charge in [0.1, 0.15) is 5.78 Å². The topological polar surface area (TPSA) is 29.1 Å². The molecule has 1 N–H and O–H groups in total. The Hall–Kier alpha value is -0.380. The second-order valence-electron chi connectivity index (χ2n) is 3.53. The summed E-state index contributed by atoms with van der Waals surface area (Å²) in [5.41, 5.74) is 0. The summed E-state index contributed by atoms with van der Waals surface area (Å²) in [6, 6.07) is 3.90. The van der Waals surface area contributed by atoms with Crippen molar-refractivity contribution in [3.63, 3.8) is 0 Å². The van der Waals surface area contributed by atoms with E-state index in [0.29, 0.717) is 12.2 Å². The maximum atomic E-state index is 11.5. The maximum absolute atomic E-state index is 11.5. The lowest BCUT2D eigenvalue weighted by Gasteiger charge is -2.20. The lowest BCUT2D eigenvalue weighted by atomic mass is 9.94. The van der Waals surface area contributed by atoms with Crippen LogP contribution in [0.1, 0.15) is 11.3 Å². The third kappa shape index (κ3) is 2.35. The molecular formula is C10H12ClNOS. The lowest BCUT2D eigenvalue weighted by Crippen LogP contribution is -2.37. The Bertz CT molecular complexity index is 337. The number of carbonyl (C=O) groups is 1. The van der Waals surface area contributed by atoms with Crippen molar-refractivity contribution in [3.8, 4) is 0 Å². The molecule has 0 amide bonds. The average molecular weight is 230 g/mol. The Labute approximate surface area is 92.3 Å². The second-order valence-corrected chi connectivity index (χ2v) is 5.33. The minimum atomic E-state index is 0.151. The van der Waals surface area contributed by atoms with E-state index in [1.165, 1.54) is 4.88 Å². The van der Waals surface area contributed by atoms with Crippen LogP contribution >= 0.6 is 22.9 Å². The van der Waals surface area contributed by atoms with Gasteiger partial charge in [-0.3, -0.25) is 4.79 Å². The number of halogens is 1. The summed E-state index contributed by atoms with van der Waals surface area (Å²) in [5.74, 6) is 0.534. The third-order valence-electron chi connectivity index (χ3n) is 2.47. The SMILES string of the molecule is O=C1CCNCC1Cc1ccc(Cl)s1. The molecule has 0 spiro atoms. The van der Waals surface area contributed by atoms with Crippen LogP contribution in [0.4, 0.5) is 0 Å². The molecule has 1 unspecified atom stereocenters. The number of ketones is 1. The van der Waals surface area contributed by atoms with Gasteiger partial charge in [-0.05, 0) is 18.6 Å². The van der Waals surface area contributed by atoms with E-state index >= 15 is 0 Å². The molecule has 1 aromatic rings. The van der Waals surface area contributed by atoms with Crippen LogP contribution in [0.25, 0.3) is 0 Å². The summed E-state index contributed by atoms with van der Waals surface area (Å²) < 4.78 is 0.802. The maximum Gasteiger partial charge on any atom is 0.138 e. The van der Waals surface area contributed by atoms with Crippen molar-refractivity contribution in [2.45, 2.75) is 12.8 Å². The van der Waals surface area contributed by atoms with E-state index in [0.717, 1.165) is 23.8 Å². The fourth-order valence-electron chi connectivity index (χ4n) is 1.70. The van der Waals surface area contributed by atoms with Crippen LogP contribution in [-0.4, -0.2) is 18.9 Å². The average Bonchev–Trinajstić information content (AvgIpc) is 2.56. The molecule has 14 heavy (non-hydrogen) atoms. The van der Waals surface area contributed by atoms with Gasteiger partial charge in [0, 0.05) is 30.3 Å². The van der Waals surface area contributed by atoms with Gasteiger partial charge in [0.15, 0.2) is 0 Å². The summed E-state index contributed by atoms with van der Waals surface area (Å²) in [7, 11) is 0. The van der Waals surface area contributed by atoms with E-state index in [4.69, 9.17) is 11.6 Å². The van der Waals surface area contributed by atoms with E-state index in [1.807, 2.05) is 12.1 Å². The Balaban J connectivity index is 1.99. The molecule has 1 aliphatic rings. The third-order valence-corrected chi connectivity index (χ3v) is 3.72. The molecule has 2 nitrogen and oxygen atoms in total. The predicted octanol–water partition coefficient (Wildman–Crippen LogP) is 2.12. The molecular weight excluding hydrogens is 218 g/mol. The van der Waals surface area contributed by atoms with Crippen LogP contribution in [0.2, 0.25) is 4.34 Å². The number of hydrogen-bond acceptors (Lipinski definition) is 3. The minimum absolute atomic E-state index is 0.151. The summed E-state index contributed by atoms with van der Waals surface area (Å²) in [6.45, 7) is 1.65. The number of carbonyl (C=O) groups excluding carboxylic acids is 1. The van der Waals surface area contributed by atoms with Gasteiger partial charge in [-0.25, -0.2) is 0 Å². The normalized spacial score (nSPS) is 22.6. The van der Waals surface area contributed by atoms with Crippen LogP contribution in [0.3, 0.4) is 0 Å². The van der Waals surface area contributed by atoms with Crippen LogP contribution in [0, 0.1) is 5.92 Å². The zero-order valence-electron chi connectivity index (χ0n) is 7.75. The predicted molar refractivity (Wildman–Crippen MR) is 59.0 cm³/mol. The summed E-state index contributed by atoms with van der Waals surface area (Å²) in [4.78, 5) is 12.7. The van der Waals surface area contributed by atoms with Gasteiger partial charge < -0.3 is 5.32 Å². The second kappa shape index (κ2) is 4.43. The van der Waals surface area contributed by atoms with E-state index < -0.39 is 0 Å². The van der Waals surface area contributed by atoms with Crippen molar-refractivity contribution in [1.82, 2.24) is 5.32 Å². The Morgan fingerprint density at radius 3 is 3.07 bits per heavy atom. The van der Waals surface area contributed by atoms with E-state index in [2.05, 4.69) is 5.32 Å². The zero-order valence-corrected chi connectivity index (χ0v) is 9.33. The number of Topliss-reactive ketones (excluding diaryl/α,β-unsaturated/α-hetero) is 1. The van der Waals surface area contributed by atoms with Crippen molar-refractivity contribution < 1.29 is 4.79 Å². The molecule has 2 rings (SSSR count). The molecule has 76 valence electrons. The van der Waals surface area contributed by atoms with Crippen LogP contribution < -0.4 is 5.32 Å². The highest BCUT2D eigenvalue weighted by atomic mass is 35.5. The molecule has 0 aromatic carbocycles. The first-order chi connectivity index (χ1) is 6.75. The molecule has 0 bridgehead atoms. The van der Waals surface area contributed by atoms with Crippen molar-refractivity contribution in [1.29, 1.82) is 0 Å². The fourth-order valence-corrected chi connectivity index (χ4v) is 2.86. The van der Waals surface area contributed by atoms with E-state index in [-0.39, 0.29) is 5.92 Å². The van der Waals surface area contributed by atoms with Crippen LogP contribution in [-0.2, 0) is 11.2 Å². The molecule has 1 aliphatic heterocycles. The molecule has 0 saturated carbocycles. The molecule has 4 heteroatoms. The van der Waals surface area contributed by atoms with Gasteiger partial charge in [-0.1, -0.05) is 11.6 Å². The lowest BCUT2D eigenvalue weighted by molar-refractivity contribution is -0.123. The summed E-state index contributed by atoms with van der Waals surface area (Å²) in [6.07, 6.45) is 1.51. The minimum Gasteiger partial charge on any atom is -0.316 e. The van der Waals surface area contributed by atoms with Gasteiger partial charge >= 0.3 is 0 Å². The summed E-state index contributed by atoms with van der Waals surface area (Å²) in [5, 5.41) is 3.24. The van der Waals surface area contributed by atoms with Gasteiger partial charge in [0.05, 0.1) is 4.34 Å². The number of hydrogen-bond donors (Lipinski definition) is 1.